The van der Waals surface area contributed by atoms with E-state index in [1.807, 2.05) is 6.07 Å². The van der Waals surface area contributed by atoms with E-state index < -0.39 is 22.7 Å². The fourth-order valence-electron chi connectivity index (χ4n) is 4.97. The molecule has 1 aromatic carbocycles. The lowest BCUT2D eigenvalue weighted by molar-refractivity contribution is -0.135. The molecule has 1 aromatic heterocycles. The first-order chi connectivity index (χ1) is 13.9. The van der Waals surface area contributed by atoms with Crippen molar-refractivity contribution in [3.05, 3.63) is 63.9 Å². The largest absolute Gasteiger partial charge is 0.317 e. The van der Waals surface area contributed by atoms with E-state index in [0.717, 1.165) is 24.7 Å². The molecule has 1 spiro atoms. The Morgan fingerprint density at radius 2 is 1.76 bits per heavy atom. The van der Waals surface area contributed by atoms with Gasteiger partial charge in [0.05, 0.1) is 0 Å². The van der Waals surface area contributed by atoms with Crippen molar-refractivity contribution >= 4 is 27.7 Å². The van der Waals surface area contributed by atoms with Gasteiger partial charge in [0.25, 0.3) is 5.91 Å². The Kier molecular flexibility index (Phi) is 4.33. The lowest BCUT2D eigenvalue weighted by Gasteiger charge is -2.40. The third-order valence-corrected chi connectivity index (χ3v) is 6.70. The fraction of sp³-hybridized carbons (Fsp3) is 0.381. The first kappa shape index (κ1) is 18.8. The molecular formula is C21H19BrF2N4O. The van der Waals surface area contributed by atoms with E-state index >= 15 is 0 Å². The van der Waals surface area contributed by atoms with Crippen molar-refractivity contribution in [2.45, 2.75) is 36.8 Å². The Bertz CT molecular complexity index is 1020. The average molecular weight is 461 g/mol. The number of rotatable bonds is 2. The highest BCUT2D eigenvalue weighted by Crippen LogP contribution is 2.51. The van der Waals surface area contributed by atoms with Crippen molar-refractivity contribution in [2.75, 3.05) is 13.1 Å². The lowest BCUT2D eigenvalue weighted by Crippen LogP contribution is -2.54. The molecule has 150 valence electrons. The molecule has 4 heterocycles. The van der Waals surface area contributed by atoms with Crippen LogP contribution in [-0.2, 0) is 10.3 Å². The first-order valence-electron chi connectivity index (χ1n) is 9.67. The summed E-state index contributed by atoms with van der Waals surface area (Å²) in [4.78, 5) is 24.5. The number of hydrogen-bond donors (Lipinski definition) is 1. The number of nitrogens with one attached hydrogen (secondary N) is 1. The average Bonchev–Trinajstić information content (AvgIpc) is 3.18. The lowest BCUT2D eigenvalue weighted by atomic mass is 9.79. The summed E-state index contributed by atoms with van der Waals surface area (Å²) in [6, 6.07) is 7.11. The number of nitrogens with zero attached hydrogens (tertiary/aromatic N) is 3. The van der Waals surface area contributed by atoms with Crippen molar-refractivity contribution in [3.63, 3.8) is 0 Å². The van der Waals surface area contributed by atoms with Gasteiger partial charge in [-0.15, -0.1) is 0 Å². The minimum atomic E-state index is -1.02. The van der Waals surface area contributed by atoms with Gasteiger partial charge in [-0.05, 0) is 83.7 Å². The molecule has 0 saturated carbocycles. The standard InChI is InChI=1S/C21H19BrF2N4O/c22-17-11-13(2-6-26-17)21(14-9-15(23)12-16(24)10-14)3-1-18-27-20(19(29)28(18)21)4-7-25-8-5-20/h2,6,9-12,25H,1,3-5,7-8H2. The van der Waals surface area contributed by atoms with Crippen LogP contribution < -0.4 is 5.32 Å². The number of aromatic nitrogens is 1. The molecule has 1 atom stereocenters. The molecule has 0 bridgehead atoms. The number of hydrogen-bond acceptors (Lipinski definition) is 4. The maximum atomic E-state index is 14.2. The number of amides is 1. The van der Waals surface area contributed by atoms with Crippen molar-refractivity contribution in [3.8, 4) is 0 Å². The molecule has 0 aliphatic carbocycles. The van der Waals surface area contributed by atoms with Crippen LogP contribution in [0.1, 0.15) is 36.8 Å². The molecule has 8 heteroatoms. The number of halogens is 3. The Hall–Kier alpha value is -2.19. The van der Waals surface area contributed by atoms with E-state index in [1.54, 1.807) is 17.2 Å². The number of piperidine rings is 1. The molecule has 29 heavy (non-hydrogen) atoms. The molecule has 2 aromatic rings. The van der Waals surface area contributed by atoms with Gasteiger partial charge in [-0.3, -0.25) is 14.7 Å². The first-order valence-corrected chi connectivity index (χ1v) is 10.5. The maximum Gasteiger partial charge on any atom is 0.257 e. The van der Waals surface area contributed by atoms with Gasteiger partial charge in [0.2, 0.25) is 0 Å². The second kappa shape index (κ2) is 6.67. The van der Waals surface area contributed by atoms with E-state index in [9.17, 15) is 13.6 Å². The number of benzene rings is 1. The SMILES string of the molecule is O=C1N2C(=NC13CCNCC3)CCC2(c1cc(F)cc(F)c1)c1ccnc(Br)c1. The molecule has 5 nitrogen and oxygen atoms in total. The van der Waals surface area contributed by atoms with Crippen LogP contribution in [0.15, 0.2) is 46.1 Å². The minimum absolute atomic E-state index is 0.0795. The molecule has 5 rings (SSSR count). The molecule has 2 saturated heterocycles. The Morgan fingerprint density at radius 3 is 2.45 bits per heavy atom. The van der Waals surface area contributed by atoms with Crippen LogP contribution >= 0.6 is 15.9 Å². The molecule has 3 aliphatic rings. The van der Waals surface area contributed by atoms with Crippen molar-refractivity contribution in [1.29, 1.82) is 0 Å². The maximum absolute atomic E-state index is 14.2. The van der Waals surface area contributed by atoms with Gasteiger partial charge in [-0.25, -0.2) is 13.8 Å². The van der Waals surface area contributed by atoms with Gasteiger partial charge < -0.3 is 5.32 Å². The second-order valence-corrected chi connectivity index (χ2v) is 8.65. The molecule has 0 radical (unpaired) electrons. The number of carbonyl (C=O) groups excluding carboxylic acids is 1. The third kappa shape index (κ3) is 2.76. The number of pyridine rings is 1. The summed E-state index contributed by atoms with van der Waals surface area (Å²) in [5.74, 6) is -0.708. The number of fused-ring (bicyclic) bond motifs is 1. The quantitative estimate of drug-likeness (QED) is 0.697. The predicted molar refractivity (Wildman–Crippen MR) is 107 cm³/mol. The Balaban J connectivity index is 1.72. The monoisotopic (exact) mass is 460 g/mol. The normalized spacial score (nSPS) is 25.4. The summed E-state index contributed by atoms with van der Waals surface area (Å²) in [6.07, 6.45) is 3.95. The topological polar surface area (TPSA) is 57.6 Å². The van der Waals surface area contributed by atoms with Gasteiger partial charge in [0, 0.05) is 18.7 Å². The number of carbonyl (C=O) groups is 1. The van der Waals surface area contributed by atoms with Crippen LogP contribution in [0.3, 0.4) is 0 Å². The van der Waals surface area contributed by atoms with Crippen LogP contribution in [0.4, 0.5) is 8.78 Å². The van der Waals surface area contributed by atoms with E-state index in [-0.39, 0.29) is 5.91 Å². The Morgan fingerprint density at radius 1 is 1.03 bits per heavy atom. The zero-order valence-corrected chi connectivity index (χ0v) is 17.2. The van der Waals surface area contributed by atoms with Crippen molar-refractivity contribution in [1.82, 2.24) is 15.2 Å². The van der Waals surface area contributed by atoms with E-state index in [1.165, 1.54) is 12.1 Å². The number of aliphatic imine (C=N–C) groups is 1. The second-order valence-electron chi connectivity index (χ2n) is 7.84. The smallest absolute Gasteiger partial charge is 0.257 e. The van der Waals surface area contributed by atoms with E-state index in [0.29, 0.717) is 41.7 Å². The van der Waals surface area contributed by atoms with Gasteiger partial charge in [-0.2, -0.15) is 0 Å². The van der Waals surface area contributed by atoms with Crippen molar-refractivity contribution < 1.29 is 13.6 Å². The van der Waals surface area contributed by atoms with Gasteiger partial charge in [0.1, 0.15) is 33.2 Å². The molecule has 1 unspecified atom stereocenters. The molecular weight excluding hydrogens is 442 g/mol. The summed E-state index contributed by atoms with van der Waals surface area (Å²) in [5.41, 5.74) is -0.618. The summed E-state index contributed by atoms with van der Waals surface area (Å²) < 4.78 is 29.1. The van der Waals surface area contributed by atoms with E-state index in [4.69, 9.17) is 4.99 Å². The summed E-state index contributed by atoms with van der Waals surface area (Å²) in [7, 11) is 0. The molecule has 2 fully saturated rings. The summed E-state index contributed by atoms with van der Waals surface area (Å²) >= 11 is 3.39. The highest BCUT2D eigenvalue weighted by molar-refractivity contribution is 9.10. The van der Waals surface area contributed by atoms with Gasteiger partial charge in [0.15, 0.2) is 0 Å². The number of amidine groups is 1. The Labute approximate surface area is 175 Å². The van der Waals surface area contributed by atoms with Crippen molar-refractivity contribution in [2.24, 2.45) is 4.99 Å². The van der Waals surface area contributed by atoms with Gasteiger partial charge in [-0.1, -0.05) is 0 Å². The highest BCUT2D eigenvalue weighted by atomic mass is 79.9. The molecule has 3 aliphatic heterocycles. The predicted octanol–water partition coefficient (Wildman–Crippen LogP) is 3.52. The van der Waals surface area contributed by atoms with Crippen LogP contribution in [0.2, 0.25) is 0 Å². The molecule has 1 amide bonds. The minimum Gasteiger partial charge on any atom is -0.317 e. The van der Waals surface area contributed by atoms with Crippen LogP contribution in [0.25, 0.3) is 0 Å². The highest BCUT2D eigenvalue weighted by Gasteiger charge is 2.59. The zero-order chi connectivity index (χ0) is 20.2. The zero-order valence-electron chi connectivity index (χ0n) is 15.6. The van der Waals surface area contributed by atoms with Crippen LogP contribution in [-0.4, -0.2) is 40.3 Å². The van der Waals surface area contributed by atoms with Crippen LogP contribution in [0.5, 0.6) is 0 Å². The van der Waals surface area contributed by atoms with E-state index in [2.05, 4.69) is 26.2 Å². The molecule has 1 N–H and O–H groups in total. The van der Waals surface area contributed by atoms with Crippen LogP contribution in [0, 0.1) is 11.6 Å². The summed E-state index contributed by atoms with van der Waals surface area (Å²) in [6.45, 7) is 1.44. The van der Waals surface area contributed by atoms with Gasteiger partial charge >= 0.3 is 0 Å². The summed E-state index contributed by atoms with van der Waals surface area (Å²) in [5, 5.41) is 3.28. The fourth-order valence-corrected chi connectivity index (χ4v) is 5.33. The third-order valence-electron chi connectivity index (χ3n) is 6.27.